The lowest BCUT2D eigenvalue weighted by Gasteiger charge is -2.15. The summed E-state index contributed by atoms with van der Waals surface area (Å²) in [5.41, 5.74) is -0.525. The van der Waals surface area contributed by atoms with Crippen LogP contribution in [0, 0.1) is 0 Å². The van der Waals surface area contributed by atoms with Gasteiger partial charge in [0, 0.05) is 20.1 Å². The Morgan fingerprint density at radius 3 is 2.68 bits per heavy atom. The predicted molar refractivity (Wildman–Crippen MR) is 86.7 cm³/mol. The summed E-state index contributed by atoms with van der Waals surface area (Å²) in [6.45, 7) is 4.90. The minimum atomic E-state index is -0.496. The Morgan fingerprint density at radius 1 is 1.32 bits per heavy atom. The van der Waals surface area contributed by atoms with Gasteiger partial charge in [0.25, 0.3) is 11.5 Å². The fraction of sp³-hybridized carbons (Fsp3) is 0.571. The molecule has 2 aromatic heterocycles. The highest BCUT2D eigenvalue weighted by Gasteiger charge is 2.21. The SMILES string of the molecule is CCCCN(C)C(=O)c1snc2c(=O)n(CCC)c(=O)[nH]c12. The van der Waals surface area contributed by atoms with E-state index < -0.39 is 11.2 Å². The first-order valence-electron chi connectivity index (χ1n) is 7.39. The molecule has 120 valence electrons. The molecule has 2 aromatic rings. The average Bonchev–Trinajstić information content (AvgIpc) is 2.92. The molecule has 0 saturated carbocycles. The summed E-state index contributed by atoms with van der Waals surface area (Å²) >= 11 is 0.958. The van der Waals surface area contributed by atoms with E-state index in [1.807, 2.05) is 13.8 Å². The van der Waals surface area contributed by atoms with Crippen LogP contribution in [0.5, 0.6) is 0 Å². The third kappa shape index (κ3) is 2.96. The van der Waals surface area contributed by atoms with Gasteiger partial charge in [0.05, 0.1) is 5.52 Å². The topological polar surface area (TPSA) is 88.1 Å². The number of aromatic amines is 1. The number of nitrogens with one attached hydrogen (secondary N) is 1. The highest BCUT2D eigenvalue weighted by Crippen LogP contribution is 2.18. The van der Waals surface area contributed by atoms with Gasteiger partial charge in [0.1, 0.15) is 4.88 Å². The molecule has 0 aliphatic rings. The minimum absolute atomic E-state index is 0.158. The van der Waals surface area contributed by atoms with E-state index in [-0.39, 0.29) is 16.9 Å². The number of aromatic nitrogens is 3. The molecule has 0 fully saturated rings. The smallest absolute Gasteiger partial charge is 0.328 e. The van der Waals surface area contributed by atoms with Gasteiger partial charge in [0.15, 0.2) is 5.52 Å². The fourth-order valence-corrected chi connectivity index (χ4v) is 3.01. The van der Waals surface area contributed by atoms with Crippen LogP contribution in [-0.2, 0) is 6.54 Å². The Hall–Kier alpha value is -1.96. The number of carbonyl (C=O) groups is 1. The zero-order chi connectivity index (χ0) is 16.3. The standard InChI is InChI=1S/C14H20N4O3S/c1-4-6-8-17(3)13(20)11-9-10(16-22-11)12(19)18(7-5-2)14(21)15-9/h4-8H2,1-3H3,(H,15,21). The van der Waals surface area contributed by atoms with Gasteiger partial charge in [-0.15, -0.1) is 0 Å². The van der Waals surface area contributed by atoms with Crippen molar-refractivity contribution in [3.05, 3.63) is 25.7 Å². The van der Waals surface area contributed by atoms with Gasteiger partial charge in [-0.1, -0.05) is 20.3 Å². The summed E-state index contributed by atoms with van der Waals surface area (Å²) in [6, 6.07) is 0. The van der Waals surface area contributed by atoms with Crippen LogP contribution in [0.2, 0.25) is 0 Å². The molecular weight excluding hydrogens is 304 g/mol. The van der Waals surface area contributed by atoms with E-state index in [4.69, 9.17) is 0 Å². The van der Waals surface area contributed by atoms with Crippen molar-refractivity contribution < 1.29 is 4.79 Å². The summed E-state index contributed by atoms with van der Waals surface area (Å²) in [4.78, 5) is 41.3. The van der Waals surface area contributed by atoms with E-state index in [1.54, 1.807) is 11.9 Å². The van der Waals surface area contributed by atoms with Gasteiger partial charge >= 0.3 is 5.69 Å². The predicted octanol–water partition coefficient (Wildman–Crippen LogP) is 1.43. The maximum absolute atomic E-state index is 12.4. The maximum Gasteiger partial charge on any atom is 0.328 e. The van der Waals surface area contributed by atoms with Crippen LogP contribution in [0.15, 0.2) is 9.59 Å². The number of H-pyrrole nitrogens is 1. The van der Waals surface area contributed by atoms with Crippen molar-refractivity contribution in [2.75, 3.05) is 13.6 Å². The quantitative estimate of drug-likeness (QED) is 0.870. The Bertz CT molecular complexity index is 789. The molecule has 8 heteroatoms. The third-order valence-electron chi connectivity index (χ3n) is 3.45. The molecular formula is C14H20N4O3S. The van der Waals surface area contributed by atoms with Gasteiger partial charge in [0.2, 0.25) is 0 Å². The molecule has 0 aliphatic heterocycles. The number of carbonyl (C=O) groups excluding carboxylic acids is 1. The summed E-state index contributed by atoms with van der Waals surface area (Å²) in [5, 5.41) is 0. The van der Waals surface area contributed by atoms with E-state index in [0.717, 1.165) is 28.9 Å². The fourth-order valence-electron chi connectivity index (χ4n) is 2.19. The molecule has 1 N–H and O–H groups in total. The molecule has 22 heavy (non-hydrogen) atoms. The zero-order valence-corrected chi connectivity index (χ0v) is 13.8. The summed E-state index contributed by atoms with van der Waals surface area (Å²) in [6.07, 6.45) is 2.56. The zero-order valence-electron chi connectivity index (χ0n) is 13.0. The molecule has 0 spiro atoms. The van der Waals surface area contributed by atoms with Crippen LogP contribution >= 0.6 is 11.5 Å². The van der Waals surface area contributed by atoms with Gasteiger partial charge in [-0.05, 0) is 24.4 Å². The van der Waals surface area contributed by atoms with Gasteiger partial charge < -0.3 is 9.88 Å². The molecule has 1 amide bonds. The van der Waals surface area contributed by atoms with E-state index in [2.05, 4.69) is 9.36 Å². The average molecular weight is 324 g/mol. The molecule has 0 aromatic carbocycles. The molecule has 0 bridgehead atoms. The van der Waals surface area contributed by atoms with Crippen LogP contribution in [0.1, 0.15) is 42.8 Å². The monoisotopic (exact) mass is 324 g/mol. The molecule has 2 heterocycles. The lowest BCUT2D eigenvalue weighted by Crippen LogP contribution is -2.35. The van der Waals surface area contributed by atoms with Gasteiger partial charge in [-0.25, -0.2) is 4.79 Å². The van der Waals surface area contributed by atoms with Crippen molar-refractivity contribution in [2.24, 2.45) is 0 Å². The number of amides is 1. The van der Waals surface area contributed by atoms with Crippen LogP contribution in [-0.4, -0.2) is 38.3 Å². The number of nitrogens with zero attached hydrogens (tertiary/aromatic N) is 3. The minimum Gasteiger partial charge on any atom is -0.341 e. The van der Waals surface area contributed by atoms with Crippen molar-refractivity contribution in [2.45, 2.75) is 39.7 Å². The maximum atomic E-state index is 12.4. The lowest BCUT2D eigenvalue weighted by atomic mass is 10.3. The van der Waals surface area contributed by atoms with E-state index in [0.29, 0.717) is 24.4 Å². The molecule has 0 radical (unpaired) electrons. The number of hydrogen-bond donors (Lipinski definition) is 1. The van der Waals surface area contributed by atoms with Crippen LogP contribution in [0.4, 0.5) is 0 Å². The van der Waals surface area contributed by atoms with E-state index >= 15 is 0 Å². The molecule has 2 rings (SSSR count). The van der Waals surface area contributed by atoms with Crippen molar-refractivity contribution in [3.8, 4) is 0 Å². The summed E-state index contributed by atoms with van der Waals surface area (Å²) in [5.74, 6) is -0.218. The second-order valence-corrected chi connectivity index (χ2v) is 5.98. The first kappa shape index (κ1) is 16.4. The van der Waals surface area contributed by atoms with Gasteiger partial charge in [-0.2, -0.15) is 4.37 Å². The second-order valence-electron chi connectivity index (χ2n) is 5.20. The van der Waals surface area contributed by atoms with E-state index in [9.17, 15) is 14.4 Å². The van der Waals surface area contributed by atoms with Crippen molar-refractivity contribution >= 4 is 28.5 Å². The largest absolute Gasteiger partial charge is 0.341 e. The molecule has 0 aliphatic carbocycles. The van der Waals surface area contributed by atoms with Crippen LogP contribution in [0.25, 0.3) is 11.0 Å². The summed E-state index contributed by atoms with van der Waals surface area (Å²) < 4.78 is 5.20. The molecule has 0 atom stereocenters. The van der Waals surface area contributed by atoms with Crippen molar-refractivity contribution in [1.29, 1.82) is 0 Å². The number of rotatable bonds is 6. The number of hydrogen-bond acceptors (Lipinski definition) is 5. The third-order valence-corrected chi connectivity index (χ3v) is 4.29. The van der Waals surface area contributed by atoms with Crippen LogP contribution in [0.3, 0.4) is 0 Å². The molecule has 0 unspecified atom stereocenters. The molecule has 0 saturated heterocycles. The molecule has 7 nitrogen and oxygen atoms in total. The first-order chi connectivity index (χ1) is 10.5. The van der Waals surface area contributed by atoms with Crippen molar-refractivity contribution in [1.82, 2.24) is 18.8 Å². The second kappa shape index (κ2) is 6.87. The first-order valence-corrected chi connectivity index (χ1v) is 8.16. The normalized spacial score (nSPS) is 11.0. The lowest BCUT2D eigenvalue weighted by molar-refractivity contribution is 0.0799. The number of fused-ring (bicyclic) bond motifs is 1. The Morgan fingerprint density at radius 2 is 2.05 bits per heavy atom. The number of unbranched alkanes of at least 4 members (excludes halogenated alkanes) is 1. The summed E-state index contributed by atoms with van der Waals surface area (Å²) in [7, 11) is 1.71. The Balaban J connectivity index is 2.48. The van der Waals surface area contributed by atoms with Crippen LogP contribution < -0.4 is 11.2 Å². The van der Waals surface area contributed by atoms with Crippen molar-refractivity contribution in [3.63, 3.8) is 0 Å². The highest BCUT2D eigenvalue weighted by atomic mass is 32.1. The van der Waals surface area contributed by atoms with Gasteiger partial charge in [-0.3, -0.25) is 14.2 Å². The Labute approximate surface area is 131 Å². The Kier molecular flexibility index (Phi) is 5.12. The van der Waals surface area contributed by atoms with E-state index in [1.165, 1.54) is 0 Å². The highest BCUT2D eigenvalue weighted by molar-refractivity contribution is 7.09.